The van der Waals surface area contributed by atoms with Crippen LogP contribution in [0.2, 0.25) is 0 Å². The first-order valence-electron chi connectivity index (χ1n) is 28.4. The third-order valence-corrected chi connectivity index (χ3v) is 18.1. The van der Waals surface area contributed by atoms with Crippen LogP contribution in [0.25, 0.3) is 5.52 Å². The minimum absolute atomic E-state index is 0.0116. The average molecular weight is 1120 g/mol. The smallest absolute Gasteiger partial charge is 0.312 e. The van der Waals surface area contributed by atoms with Crippen LogP contribution in [0.5, 0.6) is 11.5 Å². The largest absolute Gasteiger partial charge is 0.507 e. The molecule has 10 atom stereocenters. The zero-order valence-electron chi connectivity index (χ0n) is 48.6. The second-order valence-electron chi connectivity index (χ2n) is 23.8. The topological polar surface area (TPSA) is 226 Å². The predicted molar refractivity (Wildman–Crippen MR) is 301 cm³/mol. The number of ketones is 3. The van der Waals surface area contributed by atoms with Gasteiger partial charge < -0.3 is 54.3 Å². The van der Waals surface area contributed by atoms with Gasteiger partial charge in [0, 0.05) is 100 Å². The van der Waals surface area contributed by atoms with Crippen LogP contribution < -0.4 is 20.5 Å². The number of rotatable bonds is 8. The molecular weight excluding hydrogens is 1040 g/mol. The van der Waals surface area contributed by atoms with E-state index in [9.17, 15) is 34.5 Å². The van der Waals surface area contributed by atoms with Crippen molar-refractivity contribution in [2.45, 2.75) is 144 Å². The molecule has 1 unspecified atom stereocenters. The molecule has 18 nitrogen and oxygen atoms in total. The van der Waals surface area contributed by atoms with E-state index >= 15 is 14.0 Å². The number of amides is 1. The Labute approximate surface area is 472 Å². The van der Waals surface area contributed by atoms with Gasteiger partial charge in [0.2, 0.25) is 11.6 Å². The van der Waals surface area contributed by atoms with Gasteiger partial charge >= 0.3 is 11.8 Å². The molecule has 1 aromatic carbocycles. The maximum atomic E-state index is 16.1. The summed E-state index contributed by atoms with van der Waals surface area (Å²) in [6, 6.07) is 2.01. The zero-order valence-corrected chi connectivity index (χ0v) is 48.6. The summed E-state index contributed by atoms with van der Waals surface area (Å²) >= 11 is 0. The van der Waals surface area contributed by atoms with Crippen molar-refractivity contribution in [1.82, 2.24) is 19.5 Å². The lowest BCUT2D eigenvalue weighted by atomic mass is 9.78. The van der Waals surface area contributed by atoms with E-state index in [2.05, 4.69) is 15.1 Å². The number of methoxy groups -OCH3 is 1. The molecule has 81 heavy (non-hydrogen) atoms. The number of aromatic hydroxyl groups is 1. The standard InChI is InChI=1S/C62H78FN5O13/c1-30-14-13-15-31(2)60(76)64-48-51(66-23-19-41(20-24-66)65(11)27-39-18-22-67(28-39)50-34(5)49-42(40-16-17-40)26-32(3)61(77)68(49)29-43(50)63)56(74)45-46(55(48)73)54(72)37(8)58-47(45)59(75)62(10,81-58)79-25-21-44(78-12)33(4)57(80-38(9)69)36(7)53(71)35(6)52(30)70/h13-15,21,25-26,29-30,33,35-36,39-41,44,52-53,57,70-72H,16-20,22-24,27-28H2,1-12H3,(H,64,76)/b14-13+,25-21+,31-15-/t30-,33+,35+,36+,39?,44-,52-,53+,57+,62-/m0/s1. The number of fused-ring (bicyclic) bond motifs is 15. The van der Waals surface area contributed by atoms with Gasteiger partial charge in [-0.05, 0) is 102 Å². The number of aliphatic hydroxyl groups excluding tert-OH is 2. The first kappa shape index (κ1) is 59.0. The number of esters is 1. The van der Waals surface area contributed by atoms with Crippen LogP contribution in [-0.4, -0.2) is 142 Å². The number of pyridine rings is 2. The number of aliphatic hydroxyl groups is 2. The Morgan fingerprint density at radius 2 is 1.56 bits per heavy atom. The third kappa shape index (κ3) is 10.9. The Bertz CT molecular complexity index is 3260. The van der Waals surface area contributed by atoms with E-state index < -0.39 is 100 Å². The molecule has 436 valence electrons. The van der Waals surface area contributed by atoms with Crippen molar-refractivity contribution >= 4 is 40.4 Å². The number of piperidine rings is 1. The van der Waals surface area contributed by atoms with Gasteiger partial charge in [0.05, 0.1) is 58.7 Å². The highest BCUT2D eigenvalue weighted by molar-refractivity contribution is 6.32. The van der Waals surface area contributed by atoms with E-state index in [1.807, 2.05) is 20.0 Å². The van der Waals surface area contributed by atoms with Crippen molar-refractivity contribution in [3.63, 3.8) is 0 Å². The van der Waals surface area contributed by atoms with E-state index in [0.717, 1.165) is 35.9 Å². The SMILES string of the molecule is CO[C@H]1/C=C/O[C@@]2(C)Oc3c(C)c(O)c4c(c3C2=O)C(=O)C(N2CCC(N(C)CC3CCN(c5c(F)cn6c(=O)c(C)cc(C7CC7)c6c5C)C3)CC2)=C(NC(=O)/C(C)=C\C=C\[C@H](C)[C@H](O)[C@@H](C)[C@@H](O)[C@@H](C)[C@H](OC(C)=O)[C@@H]1C)C4=O. The number of allylic oxidation sites excluding steroid dienone is 4. The number of halogens is 1. The molecule has 1 amide bonds. The molecule has 2 saturated heterocycles. The van der Waals surface area contributed by atoms with Crippen molar-refractivity contribution in [3.8, 4) is 11.5 Å². The molecule has 1 saturated carbocycles. The fraction of sp³-hybridized carbons (Fsp3) is 0.548. The van der Waals surface area contributed by atoms with Gasteiger partial charge in [-0.1, -0.05) is 45.9 Å². The molecule has 2 aromatic heterocycles. The highest BCUT2D eigenvalue weighted by atomic mass is 19.1. The molecule has 10 rings (SSSR count). The van der Waals surface area contributed by atoms with Crippen LogP contribution >= 0.6 is 0 Å². The van der Waals surface area contributed by atoms with Crippen LogP contribution in [0.15, 0.2) is 64.6 Å². The number of carbonyl (C=O) groups excluding carboxylic acids is 5. The lowest BCUT2D eigenvalue weighted by molar-refractivity contribution is -0.160. The Balaban J connectivity index is 1.00. The van der Waals surface area contributed by atoms with E-state index in [-0.39, 0.29) is 70.0 Å². The summed E-state index contributed by atoms with van der Waals surface area (Å²) in [5, 5.41) is 37.8. The number of hydrogen-bond acceptors (Lipinski definition) is 16. The number of nitrogens with one attached hydrogen (secondary N) is 1. The summed E-state index contributed by atoms with van der Waals surface area (Å²) in [6.07, 6.45) is 8.73. The second kappa shape index (κ2) is 22.9. The van der Waals surface area contributed by atoms with Crippen molar-refractivity contribution in [3.05, 3.63) is 115 Å². The van der Waals surface area contributed by atoms with Crippen LogP contribution in [-0.2, 0) is 23.8 Å². The quantitative estimate of drug-likeness (QED) is 0.165. The molecule has 19 heteroatoms. The Hall–Kier alpha value is -6.67. The van der Waals surface area contributed by atoms with Gasteiger partial charge in [0.1, 0.15) is 29.0 Å². The summed E-state index contributed by atoms with van der Waals surface area (Å²) in [6.45, 7) is 18.7. The molecule has 5 aliphatic heterocycles. The minimum Gasteiger partial charge on any atom is -0.507 e. The van der Waals surface area contributed by atoms with Gasteiger partial charge in [-0.25, -0.2) is 4.39 Å². The molecule has 3 aromatic rings. The minimum atomic E-state index is -2.13. The number of aromatic nitrogens is 1. The second-order valence-corrected chi connectivity index (χ2v) is 23.8. The molecule has 2 aliphatic carbocycles. The van der Waals surface area contributed by atoms with Gasteiger partial charge in [-0.15, -0.1) is 0 Å². The number of hydrogen-bond donors (Lipinski definition) is 4. The summed E-state index contributed by atoms with van der Waals surface area (Å²) < 4.78 is 41.5. The number of anilines is 1. The van der Waals surface area contributed by atoms with E-state index in [1.54, 1.807) is 51.7 Å². The number of nitrogens with zero attached hydrogens (tertiary/aromatic N) is 4. The highest BCUT2D eigenvalue weighted by Crippen LogP contribution is 2.50. The van der Waals surface area contributed by atoms with Crippen molar-refractivity contribution in [1.29, 1.82) is 0 Å². The number of aryl methyl sites for hydroxylation is 2. The zero-order chi connectivity index (χ0) is 58.8. The Morgan fingerprint density at radius 1 is 0.877 bits per heavy atom. The lowest BCUT2D eigenvalue weighted by Gasteiger charge is -2.40. The fourth-order valence-electron chi connectivity index (χ4n) is 13.1. The molecule has 0 radical (unpaired) electrons. The summed E-state index contributed by atoms with van der Waals surface area (Å²) in [7, 11) is 3.48. The van der Waals surface area contributed by atoms with Gasteiger partial charge in [-0.2, -0.15) is 0 Å². The van der Waals surface area contributed by atoms with E-state index in [4.69, 9.17) is 18.9 Å². The van der Waals surface area contributed by atoms with Crippen LogP contribution in [0.4, 0.5) is 10.1 Å². The predicted octanol–water partition coefficient (Wildman–Crippen LogP) is 7.13. The van der Waals surface area contributed by atoms with Crippen molar-refractivity contribution in [2.24, 2.45) is 29.6 Å². The Kier molecular flexibility index (Phi) is 16.7. The molecule has 7 aliphatic rings. The van der Waals surface area contributed by atoms with Gasteiger partial charge in [0.15, 0.2) is 5.82 Å². The first-order chi connectivity index (χ1) is 38.3. The first-order valence-corrected chi connectivity index (χ1v) is 28.4. The van der Waals surface area contributed by atoms with Crippen LogP contribution in [0.3, 0.4) is 0 Å². The molecular formula is C62H78FN5O13. The average Bonchev–Trinajstić information content (AvgIpc) is 2.53. The molecule has 0 spiro atoms. The summed E-state index contributed by atoms with van der Waals surface area (Å²) in [5.74, 6) is -9.20. The monoisotopic (exact) mass is 1120 g/mol. The maximum Gasteiger partial charge on any atom is 0.312 e. The number of Topliss-reactive ketones (excluding diaryl/α,β-unsaturated/α-hetero) is 3. The number of benzene rings is 1. The van der Waals surface area contributed by atoms with Crippen molar-refractivity contribution < 1.29 is 62.6 Å². The number of phenolic OH excluding ortho intramolecular Hbond substituents is 1. The number of ether oxygens (including phenoxy) is 4. The van der Waals surface area contributed by atoms with Crippen molar-refractivity contribution in [2.75, 3.05) is 51.8 Å². The van der Waals surface area contributed by atoms with Crippen LogP contribution in [0.1, 0.15) is 140 Å². The highest BCUT2D eigenvalue weighted by Gasteiger charge is 2.53. The van der Waals surface area contributed by atoms with Crippen LogP contribution in [0, 0.1) is 56.2 Å². The number of phenols is 1. The molecule has 4 N–H and O–H groups in total. The normalized spacial score (nSPS) is 30.4. The Morgan fingerprint density at radius 3 is 2.21 bits per heavy atom. The number of likely N-dealkylation sites (tertiary alicyclic amines) is 1. The molecule has 3 fully saturated rings. The number of carbonyl (C=O) groups is 5. The van der Waals surface area contributed by atoms with E-state index in [0.29, 0.717) is 49.6 Å². The summed E-state index contributed by atoms with van der Waals surface area (Å²) in [4.78, 5) is 91.4. The van der Waals surface area contributed by atoms with E-state index in [1.165, 1.54) is 63.8 Å². The summed E-state index contributed by atoms with van der Waals surface area (Å²) in [5.41, 5.74) is 2.08. The lowest BCUT2D eigenvalue weighted by Crippen LogP contribution is -2.48. The fourth-order valence-corrected chi connectivity index (χ4v) is 13.1. The van der Waals surface area contributed by atoms with Gasteiger partial charge in [0.25, 0.3) is 17.2 Å². The van der Waals surface area contributed by atoms with Gasteiger partial charge in [-0.3, -0.25) is 33.2 Å². The third-order valence-electron chi connectivity index (χ3n) is 18.1. The molecule has 7 heterocycles. The maximum absolute atomic E-state index is 16.1. The molecule has 5 bridgehead atoms.